The van der Waals surface area contributed by atoms with E-state index in [-0.39, 0.29) is 23.8 Å². The molecule has 2 aliphatic rings. The lowest BCUT2D eigenvalue weighted by Gasteiger charge is -2.17. The Labute approximate surface area is 152 Å². The van der Waals surface area contributed by atoms with E-state index in [1.165, 1.54) is 12.8 Å². The third-order valence-corrected chi connectivity index (χ3v) is 5.50. The van der Waals surface area contributed by atoms with E-state index < -0.39 is 0 Å². The molecule has 0 radical (unpaired) electrons. The number of aromatic nitrogens is 3. The van der Waals surface area contributed by atoms with Gasteiger partial charge in [-0.25, -0.2) is 0 Å². The van der Waals surface area contributed by atoms with E-state index in [9.17, 15) is 9.59 Å². The molecule has 1 saturated heterocycles. The Kier molecular flexibility index (Phi) is 4.09. The van der Waals surface area contributed by atoms with Crippen molar-refractivity contribution in [3.8, 4) is 0 Å². The average Bonchev–Trinajstić information content (AvgIpc) is 3.07. The van der Waals surface area contributed by atoms with Crippen LogP contribution in [0.25, 0.3) is 0 Å². The highest BCUT2D eigenvalue weighted by molar-refractivity contribution is 5.96. The molecule has 4 rings (SSSR count). The van der Waals surface area contributed by atoms with Crippen LogP contribution < -0.4 is 5.32 Å². The summed E-state index contributed by atoms with van der Waals surface area (Å²) in [6, 6.07) is 4.16. The van der Waals surface area contributed by atoms with Gasteiger partial charge in [-0.15, -0.1) is 0 Å². The standard InChI is InChI=1S/C19H25N5O2/c1-11-9-23(10-17(11)20-18(25)16-8-12(2)21-22-16)19(26)15-6-7-24(13(15)3)14-4-5-14/h6-8,11,14,17H,4-5,9-10H2,1-3H3,(H,20,25)(H,21,22). The van der Waals surface area contributed by atoms with Gasteiger partial charge in [0.1, 0.15) is 5.69 Å². The maximum absolute atomic E-state index is 13.0. The number of rotatable bonds is 4. The molecule has 2 amide bonds. The van der Waals surface area contributed by atoms with Crippen LogP contribution >= 0.6 is 0 Å². The lowest BCUT2D eigenvalue weighted by molar-refractivity contribution is 0.0780. The van der Waals surface area contributed by atoms with Crippen molar-refractivity contribution < 1.29 is 9.59 Å². The number of carbonyl (C=O) groups excluding carboxylic acids is 2. The molecule has 3 heterocycles. The highest BCUT2D eigenvalue weighted by atomic mass is 16.2. The van der Waals surface area contributed by atoms with Gasteiger partial charge in [0.2, 0.25) is 0 Å². The summed E-state index contributed by atoms with van der Waals surface area (Å²) in [7, 11) is 0. The lowest BCUT2D eigenvalue weighted by Crippen LogP contribution is -2.40. The first-order valence-electron chi connectivity index (χ1n) is 9.23. The summed E-state index contributed by atoms with van der Waals surface area (Å²) >= 11 is 0. The minimum atomic E-state index is -0.198. The highest BCUT2D eigenvalue weighted by Crippen LogP contribution is 2.37. The number of carbonyl (C=O) groups is 2. The fraction of sp³-hybridized carbons (Fsp3) is 0.526. The van der Waals surface area contributed by atoms with Crippen LogP contribution in [0.5, 0.6) is 0 Å². The lowest BCUT2D eigenvalue weighted by atomic mass is 10.1. The van der Waals surface area contributed by atoms with Crippen LogP contribution in [-0.4, -0.2) is 50.6 Å². The fourth-order valence-electron chi connectivity index (χ4n) is 3.77. The quantitative estimate of drug-likeness (QED) is 0.880. The maximum Gasteiger partial charge on any atom is 0.272 e. The van der Waals surface area contributed by atoms with Crippen LogP contribution in [0, 0.1) is 19.8 Å². The number of aromatic amines is 1. The summed E-state index contributed by atoms with van der Waals surface area (Å²) in [5, 5.41) is 9.80. The third-order valence-electron chi connectivity index (χ3n) is 5.50. The van der Waals surface area contributed by atoms with Gasteiger partial charge in [-0.05, 0) is 44.7 Å². The molecule has 2 aromatic rings. The largest absolute Gasteiger partial charge is 0.348 e. The first-order chi connectivity index (χ1) is 12.4. The maximum atomic E-state index is 13.0. The van der Waals surface area contributed by atoms with E-state index in [4.69, 9.17) is 0 Å². The second-order valence-corrected chi connectivity index (χ2v) is 7.66. The van der Waals surface area contributed by atoms with Crippen molar-refractivity contribution in [3.05, 3.63) is 41.0 Å². The molecule has 1 aliphatic carbocycles. The average molecular weight is 355 g/mol. The molecule has 138 valence electrons. The molecule has 2 unspecified atom stereocenters. The number of aryl methyl sites for hydroxylation is 1. The number of amides is 2. The Balaban J connectivity index is 1.43. The fourth-order valence-corrected chi connectivity index (χ4v) is 3.77. The molecular weight excluding hydrogens is 330 g/mol. The third kappa shape index (κ3) is 3.02. The number of hydrogen-bond donors (Lipinski definition) is 2. The number of nitrogens with zero attached hydrogens (tertiary/aromatic N) is 3. The van der Waals surface area contributed by atoms with Crippen LogP contribution in [-0.2, 0) is 0 Å². The molecule has 26 heavy (non-hydrogen) atoms. The number of H-pyrrole nitrogens is 1. The second kappa shape index (κ2) is 6.30. The van der Waals surface area contributed by atoms with Crippen molar-refractivity contribution in [2.45, 2.75) is 45.7 Å². The minimum Gasteiger partial charge on any atom is -0.348 e. The Hall–Kier alpha value is -2.57. The molecule has 0 bridgehead atoms. The van der Waals surface area contributed by atoms with E-state index in [1.807, 2.05) is 31.0 Å². The smallest absolute Gasteiger partial charge is 0.272 e. The van der Waals surface area contributed by atoms with Gasteiger partial charge in [-0.2, -0.15) is 5.10 Å². The molecule has 2 fully saturated rings. The normalized spacial score (nSPS) is 22.7. The van der Waals surface area contributed by atoms with Crippen LogP contribution in [0.1, 0.15) is 58.0 Å². The van der Waals surface area contributed by atoms with E-state index in [0.29, 0.717) is 24.8 Å². The second-order valence-electron chi connectivity index (χ2n) is 7.66. The highest BCUT2D eigenvalue weighted by Gasteiger charge is 2.35. The van der Waals surface area contributed by atoms with Crippen LogP contribution in [0.15, 0.2) is 18.3 Å². The van der Waals surface area contributed by atoms with Crippen LogP contribution in [0.3, 0.4) is 0 Å². The van der Waals surface area contributed by atoms with Crippen molar-refractivity contribution in [1.82, 2.24) is 25.0 Å². The molecule has 1 saturated carbocycles. The molecule has 2 aromatic heterocycles. The molecular formula is C19H25N5O2. The van der Waals surface area contributed by atoms with Crippen LogP contribution in [0.4, 0.5) is 0 Å². The Morgan fingerprint density at radius 3 is 2.69 bits per heavy atom. The number of nitrogens with one attached hydrogen (secondary N) is 2. The van der Waals surface area contributed by atoms with E-state index in [2.05, 4.69) is 27.0 Å². The molecule has 2 N–H and O–H groups in total. The molecule has 1 aliphatic heterocycles. The zero-order valence-corrected chi connectivity index (χ0v) is 15.5. The van der Waals surface area contributed by atoms with E-state index in [1.54, 1.807) is 6.07 Å². The minimum absolute atomic E-state index is 0.0566. The molecule has 2 atom stereocenters. The van der Waals surface area contributed by atoms with E-state index in [0.717, 1.165) is 17.0 Å². The van der Waals surface area contributed by atoms with Gasteiger partial charge in [-0.3, -0.25) is 14.7 Å². The molecule has 0 aromatic carbocycles. The Morgan fingerprint density at radius 1 is 1.27 bits per heavy atom. The van der Waals surface area contributed by atoms with Crippen molar-refractivity contribution in [2.24, 2.45) is 5.92 Å². The van der Waals surface area contributed by atoms with Gasteiger partial charge >= 0.3 is 0 Å². The summed E-state index contributed by atoms with van der Waals surface area (Å²) in [5.41, 5.74) is 3.06. The molecule has 7 heteroatoms. The summed E-state index contributed by atoms with van der Waals surface area (Å²) < 4.78 is 2.21. The predicted octanol–water partition coefficient (Wildman–Crippen LogP) is 2.05. The SMILES string of the molecule is Cc1cc(C(=O)NC2CN(C(=O)c3ccn(C4CC4)c3C)CC2C)n[nH]1. The summed E-state index contributed by atoms with van der Waals surface area (Å²) in [4.78, 5) is 27.2. The van der Waals surface area contributed by atoms with Crippen molar-refractivity contribution >= 4 is 11.8 Å². The van der Waals surface area contributed by atoms with Gasteiger partial charge in [0.05, 0.1) is 11.6 Å². The molecule has 0 spiro atoms. The first kappa shape index (κ1) is 16.9. The monoisotopic (exact) mass is 355 g/mol. The summed E-state index contributed by atoms with van der Waals surface area (Å²) in [5.74, 6) is 0.0615. The number of hydrogen-bond acceptors (Lipinski definition) is 3. The molecule has 7 nitrogen and oxygen atoms in total. The summed E-state index contributed by atoms with van der Waals surface area (Å²) in [6.07, 6.45) is 4.42. The summed E-state index contributed by atoms with van der Waals surface area (Å²) in [6.45, 7) is 7.12. The number of likely N-dealkylation sites (tertiary alicyclic amines) is 1. The van der Waals surface area contributed by atoms with Crippen molar-refractivity contribution in [3.63, 3.8) is 0 Å². The van der Waals surface area contributed by atoms with Crippen LogP contribution in [0.2, 0.25) is 0 Å². The van der Waals surface area contributed by atoms with Gasteiger partial charge in [0.15, 0.2) is 0 Å². The van der Waals surface area contributed by atoms with Gasteiger partial charge in [0, 0.05) is 36.7 Å². The van der Waals surface area contributed by atoms with Gasteiger partial charge < -0.3 is 14.8 Å². The predicted molar refractivity (Wildman–Crippen MR) is 97.1 cm³/mol. The van der Waals surface area contributed by atoms with Gasteiger partial charge in [0.25, 0.3) is 11.8 Å². The zero-order valence-electron chi connectivity index (χ0n) is 15.5. The Morgan fingerprint density at radius 2 is 2.04 bits per heavy atom. The van der Waals surface area contributed by atoms with Crippen molar-refractivity contribution in [1.29, 1.82) is 0 Å². The Bertz CT molecular complexity index is 848. The van der Waals surface area contributed by atoms with Gasteiger partial charge in [-0.1, -0.05) is 6.92 Å². The van der Waals surface area contributed by atoms with E-state index >= 15 is 0 Å². The van der Waals surface area contributed by atoms with Crippen molar-refractivity contribution in [2.75, 3.05) is 13.1 Å². The zero-order chi connectivity index (χ0) is 18.4. The first-order valence-corrected chi connectivity index (χ1v) is 9.23. The topological polar surface area (TPSA) is 83.0 Å².